The number of aliphatic carboxylic acids is 2. The first-order valence-corrected chi connectivity index (χ1v) is 40.2. The molecule has 0 aliphatic rings. The van der Waals surface area contributed by atoms with Crippen molar-refractivity contribution in [3.8, 4) is 0 Å². The number of carbonyl (C=O) groups is 16. The average Bonchev–Trinajstić information content (AvgIpc) is 1.64. The van der Waals surface area contributed by atoms with Crippen LogP contribution < -0.4 is 91.6 Å². The number of aromatic nitrogens is 4. The van der Waals surface area contributed by atoms with Crippen LogP contribution in [0, 0.1) is 17.2 Å². The van der Waals surface area contributed by atoms with E-state index in [1.807, 2.05) is 0 Å². The number of carboxylic acids is 2. The van der Waals surface area contributed by atoms with E-state index in [1.165, 1.54) is 25.6 Å². The van der Waals surface area contributed by atoms with Gasteiger partial charge in [-0.1, -0.05) is 70.5 Å². The number of thiol groups is 2. The number of nitrogens with zero attached hydrogens (tertiary/aromatic N) is 2. The Labute approximate surface area is 707 Å². The number of imidazole rings is 1. The van der Waals surface area contributed by atoms with Gasteiger partial charge in [0.15, 0.2) is 12.0 Å². The Bertz CT molecular complexity index is 4410. The van der Waals surface area contributed by atoms with Crippen molar-refractivity contribution >= 4 is 148 Å². The highest BCUT2D eigenvalue weighted by Gasteiger charge is 2.39. The zero-order valence-corrected chi connectivity index (χ0v) is 69.8. The quantitative estimate of drug-likeness (QED) is 0.00747. The molecule has 45 heteroatoms. The summed E-state index contributed by atoms with van der Waals surface area (Å²) in [5.41, 5.74) is 18.9. The van der Waals surface area contributed by atoms with E-state index in [0.717, 1.165) is 6.92 Å². The van der Waals surface area contributed by atoms with Gasteiger partial charge in [0.25, 0.3) is 0 Å². The smallest absolute Gasteiger partial charge is 0.328 e. The number of amides is 14. The first kappa shape index (κ1) is 99.6. The number of nitrogens with one attached hydrogen (secondary N) is 17. The van der Waals surface area contributed by atoms with Gasteiger partial charge in [0.1, 0.15) is 73.1 Å². The lowest BCUT2D eigenvalue weighted by atomic mass is 9.97. The van der Waals surface area contributed by atoms with E-state index in [9.17, 15) is 87.2 Å². The van der Waals surface area contributed by atoms with Gasteiger partial charge in [-0.2, -0.15) is 25.3 Å². The highest BCUT2D eigenvalue weighted by atomic mass is 32.1. The predicted molar refractivity (Wildman–Crippen MR) is 445 cm³/mol. The summed E-state index contributed by atoms with van der Waals surface area (Å²) in [6.45, 7) is 8.52. The molecule has 0 fully saturated rings. The lowest BCUT2D eigenvalue weighted by molar-refractivity contribution is -0.145. The molecule has 0 bridgehead atoms. The number of aromatic amines is 2. The summed E-state index contributed by atoms with van der Waals surface area (Å²) in [6.07, 6.45) is 1.29. The summed E-state index contributed by atoms with van der Waals surface area (Å²) in [5.74, 6) is -19.4. The van der Waals surface area contributed by atoms with E-state index < -0.39 is 229 Å². The number of rotatable bonds is 54. The second kappa shape index (κ2) is 50.2. The van der Waals surface area contributed by atoms with Crippen LogP contribution in [0.25, 0.3) is 21.8 Å². The molecule has 26 N–H and O–H groups in total. The summed E-state index contributed by atoms with van der Waals surface area (Å²) in [6, 6.07) is -5.26. The maximum Gasteiger partial charge on any atom is 0.328 e. The van der Waals surface area contributed by atoms with Crippen LogP contribution in [-0.2, 0) is 112 Å². The Morgan fingerprint density at radius 3 is 1.66 bits per heavy atom. The normalized spacial score (nSPS) is 14.7. The van der Waals surface area contributed by atoms with E-state index in [4.69, 9.17) is 32.1 Å². The van der Waals surface area contributed by atoms with Gasteiger partial charge >= 0.3 is 11.9 Å². The van der Waals surface area contributed by atoms with Crippen LogP contribution in [-0.4, -0.2) is 272 Å². The minimum atomic E-state index is -2.08. The number of benzene rings is 2. The SMILES string of the molecule is CC[C@H](C)[C@H](NC(=O)COCCOCCN)C(=O)N[C@@H](CS)C(=O)N[C@H](C(=O)N[C@@H](Cc1cn(C)c2ccccc12)C(=O)N[C@@H](CCC(N)=O)C(=O)N[C@@H](CC(=O)O)C(=O)N[C@@H](Cc1c[nH]c2ccccc12)C(=O)NCC(=O)N[C@@H](C)C(=O)N[C@@H](Cc1c[nH]cn1)C(=O)N[C@@H](CCCNC(=N)N)C(=O)N[C@@H](CS)C(=O)N[C@H](C(=O)O)[C@@H](C)O)C(C)C. The summed E-state index contributed by atoms with van der Waals surface area (Å²) < 4.78 is 12.4. The van der Waals surface area contributed by atoms with Crippen molar-refractivity contribution < 1.29 is 102 Å². The molecule has 3 heterocycles. The monoisotopic (exact) mass is 1730 g/mol. The summed E-state index contributed by atoms with van der Waals surface area (Å²) >= 11 is 8.45. The van der Waals surface area contributed by atoms with Crippen LogP contribution >= 0.6 is 25.3 Å². The Balaban J connectivity index is 1.37. The van der Waals surface area contributed by atoms with Gasteiger partial charge in [0.05, 0.1) is 50.9 Å². The standard InChI is InChI=1S/C76H112N22O21S2/c1-8-39(4)62(95-59(102)34-119-25-24-118-23-21-77)74(115)94-55(36-121)71(112)96-61(38(2)3)73(114)92-51(27-43-33-98(7)56-18-12-10-15-46(43)56)68(109)88-49(19-20-57(78)100)67(108)91-53(29-60(103)104)70(111)90-50(26-42-30-83-47-16-11-9-14-45(42)47)65(106)84-32-58(101)86-40(5)64(105)89-52(28-44-31-81-37-85-44)69(110)87-48(17-13-22-82-76(79)80)66(107)93-54(35-120)72(113)97-63(41(6)99)75(116)117/h9-12,14-16,18,30-31,33,37-41,48-55,61-63,83,99,120-121H,8,13,17,19-29,32,34-36,77H2,1-7H3,(H2,78,100)(H,81,85)(H,84,106)(H,86,101)(H,87,110)(H,88,109)(H,89,105)(H,90,111)(H,91,108)(H,92,114)(H,93,107)(H,94,115)(H,95,102)(H,96,112)(H,97,113)(H,103,104)(H,116,117)(H4,79,80,82)/t39-,40-,41+,48-,49-,50-,51-,52-,53-,54-,55-,61-,62-,63-/m0/s1. The number of para-hydroxylation sites is 2. The van der Waals surface area contributed by atoms with Crippen molar-refractivity contribution in [1.82, 2.24) is 94.0 Å². The zero-order chi connectivity index (χ0) is 89.7. The van der Waals surface area contributed by atoms with Crippen LogP contribution in [0.15, 0.2) is 73.4 Å². The highest BCUT2D eigenvalue weighted by molar-refractivity contribution is 7.80. The van der Waals surface area contributed by atoms with Gasteiger partial charge in [0.2, 0.25) is 82.7 Å². The molecule has 2 aromatic carbocycles. The van der Waals surface area contributed by atoms with E-state index in [1.54, 1.807) is 94.0 Å². The van der Waals surface area contributed by atoms with Crippen molar-refractivity contribution in [3.05, 3.63) is 90.3 Å². The third-order valence-electron chi connectivity index (χ3n) is 19.1. The Morgan fingerprint density at radius 1 is 0.554 bits per heavy atom. The lowest BCUT2D eigenvalue weighted by Gasteiger charge is -2.29. The number of aliphatic hydroxyl groups is 1. The number of carbonyl (C=O) groups excluding carboxylic acids is 14. The van der Waals surface area contributed by atoms with Crippen molar-refractivity contribution in [3.63, 3.8) is 0 Å². The molecular weight excluding hydrogens is 1620 g/mol. The van der Waals surface area contributed by atoms with Gasteiger partial charge < -0.3 is 131 Å². The van der Waals surface area contributed by atoms with E-state index >= 15 is 4.79 Å². The second-order valence-electron chi connectivity index (χ2n) is 28.9. The second-order valence-corrected chi connectivity index (χ2v) is 29.7. The van der Waals surface area contributed by atoms with Crippen LogP contribution in [0.3, 0.4) is 0 Å². The van der Waals surface area contributed by atoms with Gasteiger partial charge in [-0.3, -0.25) is 77.3 Å². The molecule has 0 saturated heterocycles. The first-order valence-electron chi connectivity index (χ1n) is 38.9. The largest absolute Gasteiger partial charge is 0.481 e. The lowest BCUT2D eigenvalue weighted by Crippen LogP contribution is -2.61. The number of H-pyrrole nitrogens is 2. The molecular formula is C76H112N22O21S2. The molecule has 14 amide bonds. The number of ether oxygens (including phenoxy) is 2. The number of primary amides is 1. The Hall–Kier alpha value is -11.9. The van der Waals surface area contributed by atoms with Crippen LogP contribution in [0.2, 0.25) is 0 Å². The number of nitrogens with two attached hydrogens (primary N) is 3. The van der Waals surface area contributed by atoms with Crippen molar-refractivity contribution in [2.75, 3.05) is 57.6 Å². The Morgan fingerprint density at radius 2 is 1.07 bits per heavy atom. The van der Waals surface area contributed by atoms with Gasteiger partial charge in [-0.15, -0.1) is 0 Å². The van der Waals surface area contributed by atoms with Crippen LogP contribution in [0.4, 0.5) is 0 Å². The summed E-state index contributed by atoms with van der Waals surface area (Å²) in [5, 5.41) is 73.3. The van der Waals surface area contributed by atoms with Crippen LogP contribution in [0.5, 0.6) is 0 Å². The zero-order valence-electron chi connectivity index (χ0n) is 68.0. The fourth-order valence-electron chi connectivity index (χ4n) is 12.3. The van der Waals surface area contributed by atoms with Crippen molar-refractivity contribution in [2.24, 2.45) is 36.1 Å². The maximum atomic E-state index is 15.0. The van der Waals surface area contributed by atoms with E-state index in [2.05, 4.69) is 115 Å². The minimum Gasteiger partial charge on any atom is -0.481 e. The number of guanidine groups is 1. The molecule has 0 radical (unpaired) electrons. The topological polar surface area (TPSA) is 672 Å². The average molecular weight is 1730 g/mol. The molecule has 0 spiro atoms. The first-order chi connectivity index (χ1) is 57.4. The number of hydrogen-bond donors (Lipinski definition) is 25. The third kappa shape index (κ3) is 32.6. The number of aliphatic hydroxyl groups excluding tert-OH is 1. The van der Waals surface area contributed by atoms with E-state index in [-0.39, 0.29) is 69.9 Å². The van der Waals surface area contributed by atoms with E-state index in [0.29, 0.717) is 45.9 Å². The number of aryl methyl sites for hydroxylation is 1. The molecule has 0 unspecified atom stereocenters. The minimum absolute atomic E-state index is 0.0207. The molecule has 0 aliphatic carbocycles. The molecule has 14 atom stereocenters. The van der Waals surface area contributed by atoms with Gasteiger partial charge in [-0.05, 0) is 68.2 Å². The van der Waals surface area contributed by atoms with Gasteiger partial charge in [0, 0.05) is 97.7 Å². The fraction of sp³-hybridized carbons (Fsp3) is 0.526. The predicted octanol–water partition coefficient (Wildman–Crippen LogP) is -5.61. The number of carboxylic acid groups (broad SMARTS) is 2. The number of hydrogen-bond acceptors (Lipinski definition) is 24. The maximum absolute atomic E-state index is 15.0. The van der Waals surface area contributed by atoms with Crippen molar-refractivity contribution in [2.45, 2.75) is 178 Å². The molecule has 3 aromatic heterocycles. The molecule has 664 valence electrons. The molecule has 5 aromatic rings. The fourth-order valence-corrected chi connectivity index (χ4v) is 12.9. The molecule has 5 rings (SSSR count). The molecule has 43 nitrogen and oxygen atoms in total. The number of fused-ring (bicyclic) bond motifs is 2. The molecule has 0 saturated carbocycles. The molecule has 0 aliphatic heterocycles. The summed E-state index contributed by atoms with van der Waals surface area (Å²) in [4.78, 5) is 231. The highest BCUT2D eigenvalue weighted by Crippen LogP contribution is 2.24. The third-order valence-corrected chi connectivity index (χ3v) is 19.8. The molecule has 121 heavy (non-hydrogen) atoms. The Kier molecular flexibility index (Phi) is 41.3. The van der Waals surface area contributed by atoms with Crippen LogP contribution in [0.1, 0.15) is 96.9 Å². The summed E-state index contributed by atoms with van der Waals surface area (Å²) in [7, 11) is 1.73. The van der Waals surface area contributed by atoms with Gasteiger partial charge in [-0.25, -0.2) is 9.78 Å². The van der Waals surface area contributed by atoms with Crippen molar-refractivity contribution in [1.29, 1.82) is 5.41 Å².